The number of ether oxygens (including phenoxy) is 1. The summed E-state index contributed by atoms with van der Waals surface area (Å²) in [6, 6.07) is 13.6. The molecule has 0 aliphatic rings. The van der Waals surface area contributed by atoms with E-state index in [0.29, 0.717) is 30.0 Å². The number of carbonyl (C=O) groups is 2. The molecule has 0 unspecified atom stereocenters. The average molecular weight is 600 g/mol. The molecule has 0 atom stereocenters. The summed E-state index contributed by atoms with van der Waals surface area (Å²) in [7, 11) is 0. The Bertz CT molecular complexity index is 1970. The summed E-state index contributed by atoms with van der Waals surface area (Å²) < 4.78 is 18.1. The van der Waals surface area contributed by atoms with Crippen molar-refractivity contribution in [2.45, 2.75) is 47.0 Å². The van der Waals surface area contributed by atoms with Crippen LogP contribution in [0.1, 0.15) is 65.1 Å². The largest absolute Gasteiger partial charge is 0.493 e. The van der Waals surface area contributed by atoms with Crippen molar-refractivity contribution in [1.82, 2.24) is 20.4 Å². The molecule has 0 spiro atoms. The molecular formula is C32H33N5O7. The molecule has 0 bridgehead atoms. The lowest BCUT2D eigenvalue weighted by Crippen LogP contribution is -2.43. The number of aryl methyl sites for hydroxylation is 2. The van der Waals surface area contributed by atoms with Crippen molar-refractivity contribution in [2.75, 3.05) is 18.5 Å². The molecule has 44 heavy (non-hydrogen) atoms. The molecule has 3 aromatic heterocycles. The Labute approximate surface area is 252 Å². The lowest BCUT2D eigenvalue weighted by atomic mass is 10.1. The number of nitrogens with zero attached hydrogens (tertiary/aromatic N) is 2. The van der Waals surface area contributed by atoms with Gasteiger partial charge in [0.05, 0.1) is 17.9 Å². The number of furan rings is 1. The fourth-order valence-corrected chi connectivity index (χ4v) is 4.64. The van der Waals surface area contributed by atoms with Crippen LogP contribution in [-0.2, 0) is 0 Å². The number of benzene rings is 2. The second-order valence-electron chi connectivity index (χ2n) is 10.3. The van der Waals surface area contributed by atoms with Gasteiger partial charge in [0.15, 0.2) is 0 Å². The smallest absolute Gasteiger partial charge is 0.349 e. The Balaban J connectivity index is 1.42. The van der Waals surface area contributed by atoms with E-state index in [0.717, 1.165) is 24.8 Å². The molecular weight excluding hydrogens is 566 g/mol. The van der Waals surface area contributed by atoms with E-state index in [9.17, 15) is 19.2 Å². The lowest BCUT2D eigenvalue weighted by Gasteiger charge is -2.13. The van der Waals surface area contributed by atoms with Gasteiger partial charge in [-0.15, -0.1) is 0 Å². The molecule has 12 nitrogen and oxygen atoms in total. The maximum atomic E-state index is 13.9. The van der Waals surface area contributed by atoms with Crippen LogP contribution in [0.15, 0.2) is 67.0 Å². The summed E-state index contributed by atoms with van der Waals surface area (Å²) >= 11 is 0. The number of nitrogens with one attached hydrogen (secondary N) is 3. The van der Waals surface area contributed by atoms with Crippen LogP contribution < -0.4 is 32.1 Å². The number of rotatable bonds is 10. The first-order valence-corrected chi connectivity index (χ1v) is 14.4. The molecule has 0 saturated carbocycles. The van der Waals surface area contributed by atoms with Crippen molar-refractivity contribution in [3.05, 3.63) is 91.8 Å². The molecule has 2 aromatic carbocycles. The van der Waals surface area contributed by atoms with Crippen molar-refractivity contribution in [2.24, 2.45) is 0 Å². The third kappa shape index (κ3) is 6.05. The van der Waals surface area contributed by atoms with E-state index in [1.807, 2.05) is 26.0 Å². The molecule has 0 aliphatic heterocycles. The summed E-state index contributed by atoms with van der Waals surface area (Å²) in [6.45, 7) is 8.57. The summed E-state index contributed by atoms with van der Waals surface area (Å²) in [5, 5.41) is 3.59. The first kappa shape index (κ1) is 30.1. The molecule has 12 heteroatoms. The monoisotopic (exact) mass is 599 g/mol. The van der Waals surface area contributed by atoms with Crippen molar-refractivity contribution in [3.63, 3.8) is 0 Å². The topological polar surface area (TPSA) is 158 Å². The van der Waals surface area contributed by atoms with Crippen LogP contribution in [0.25, 0.3) is 27.8 Å². The van der Waals surface area contributed by atoms with E-state index >= 15 is 0 Å². The first-order valence-electron chi connectivity index (χ1n) is 14.4. The SMILES string of the molecule is CCCCOc1ccc2cc(C(=O)NNC(=O)c3c(C)oc4nc(NCCC)n(-c5ccc(C)cc5)c(=O)c34)c(=O)oc2c1. The quantitative estimate of drug-likeness (QED) is 0.117. The fourth-order valence-electron chi connectivity index (χ4n) is 4.64. The van der Waals surface area contributed by atoms with Gasteiger partial charge in [0, 0.05) is 18.0 Å². The zero-order valence-corrected chi connectivity index (χ0v) is 24.9. The normalized spacial score (nSPS) is 11.1. The van der Waals surface area contributed by atoms with E-state index in [1.165, 1.54) is 17.6 Å². The summed E-state index contributed by atoms with van der Waals surface area (Å²) in [5.41, 5.74) is 4.47. The van der Waals surface area contributed by atoms with Crippen LogP contribution >= 0.6 is 0 Å². The standard InChI is InChI=1S/C32H33N5O7/c1-5-7-15-42-22-13-10-20-16-23(31(41)44-24(20)17-22)27(38)35-36-28(39)25-19(4)43-29-26(25)30(40)37(32(34-29)33-14-6-2)21-11-8-18(3)9-12-21/h8-13,16-17H,5-7,14-15H2,1-4H3,(H,33,34)(H,35,38)(H,36,39). The third-order valence-electron chi connectivity index (χ3n) is 6.96. The molecule has 2 amide bonds. The fraction of sp³-hybridized carbons (Fsp3) is 0.281. The Hall–Kier alpha value is -5.39. The zero-order valence-electron chi connectivity index (χ0n) is 24.9. The van der Waals surface area contributed by atoms with Crippen molar-refractivity contribution >= 4 is 39.8 Å². The van der Waals surface area contributed by atoms with Crippen molar-refractivity contribution in [3.8, 4) is 11.4 Å². The highest BCUT2D eigenvalue weighted by molar-refractivity contribution is 6.07. The molecule has 228 valence electrons. The van der Waals surface area contributed by atoms with Gasteiger partial charge in [-0.25, -0.2) is 9.36 Å². The molecule has 0 aliphatic carbocycles. The Morgan fingerprint density at radius 3 is 2.41 bits per heavy atom. The number of hydrogen-bond donors (Lipinski definition) is 3. The summed E-state index contributed by atoms with van der Waals surface area (Å²) in [6.07, 6.45) is 2.65. The van der Waals surface area contributed by atoms with Crippen LogP contribution in [0.4, 0.5) is 5.95 Å². The van der Waals surface area contributed by atoms with Gasteiger partial charge >= 0.3 is 5.63 Å². The Morgan fingerprint density at radius 2 is 1.68 bits per heavy atom. The van der Waals surface area contributed by atoms with Gasteiger partial charge in [-0.3, -0.25) is 25.2 Å². The maximum Gasteiger partial charge on any atom is 0.349 e. The number of unbranched alkanes of at least 4 members (excludes halogenated alkanes) is 1. The molecule has 0 saturated heterocycles. The number of fused-ring (bicyclic) bond motifs is 2. The van der Waals surface area contributed by atoms with Gasteiger partial charge in [0.25, 0.3) is 17.4 Å². The van der Waals surface area contributed by atoms with Gasteiger partial charge in [0.2, 0.25) is 11.7 Å². The van der Waals surface area contributed by atoms with Crippen molar-refractivity contribution < 1.29 is 23.2 Å². The van der Waals surface area contributed by atoms with Crippen LogP contribution in [0.3, 0.4) is 0 Å². The van der Waals surface area contributed by atoms with Crippen molar-refractivity contribution in [1.29, 1.82) is 0 Å². The lowest BCUT2D eigenvalue weighted by molar-refractivity contribution is 0.0844. The van der Waals surface area contributed by atoms with E-state index in [1.54, 1.807) is 30.3 Å². The highest BCUT2D eigenvalue weighted by Gasteiger charge is 2.26. The van der Waals surface area contributed by atoms with Gasteiger partial charge in [-0.2, -0.15) is 4.98 Å². The van der Waals surface area contributed by atoms with Gasteiger partial charge < -0.3 is 18.9 Å². The van der Waals surface area contributed by atoms with E-state index < -0.39 is 23.0 Å². The first-order chi connectivity index (χ1) is 21.2. The van der Waals surface area contributed by atoms with E-state index in [-0.39, 0.29) is 39.5 Å². The van der Waals surface area contributed by atoms with Gasteiger partial charge in [-0.1, -0.05) is 38.0 Å². The molecule has 3 heterocycles. The minimum atomic E-state index is -0.899. The predicted octanol–water partition coefficient (Wildman–Crippen LogP) is 4.78. The maximum absolute atomic E-state index is 13.9. The minimum absolute atomic E-state index is 0.0286. The van der Waals surface area contributed by atoms with Gasteiger partial charge in [-0.05, 0) is 57.0 Å². The molecule has 3 N–H and O–H groups in total. The van der Waals surface area contributed by atoms with Crippen LogP contribution in [0.2, 0.25) is 0 Å². The number of aromatic nitrogens is 2. The van der Waals surface area contributed by atoms with Gasteiger partial charge in [0.1, 0.15) is 28.0 Å². The van der Waals surface area contributed by atoms with E-state index in [4.69, 9.17) is 13.6 Å². The third-order valence-corrected chi connectivity index (χ3v) is 6.96. The summed E-state index contributed by atoms with van der Waals surface area (Å²) in [5.74, 6) is -0.779. The highest BCUT2D eigenvalue weighted by atomic mass is 16.5. The molecule has 0 radical (unpaired) electrons. The predicted molar refractivity (Wildman–Crippen MR) is 166 cm³/mol. The number of hydrazine groups is 1. The molecule has 5 aromatic rings. The average Bonchev–Trinajstić information content (AvgIpc) is 3.35. The number of anilines is 1. The summed E-state index contributed by atoms with van der Waals surface area (Å²) in [4.78, 5) is 57.3. The van der Waals surface area contributed by atoms with Crippen LogP contribution in [0, 0.1) is 13.8 Å². The zero-order chi connectivity index (χ0) is 31.4. The molecule has 5 rings (SSSR count). The highest BCUT2D eigenvalue weighted by Crippen LogP contribution is 2.25. The number of hydrogen-bond acceptors (Lipinski definition) is 9. The second kappa shape index (κ2) is 12.9. The number of amides is 2. The van der Waals surface area contributed by atoms with Crippen LogP contribution in [0.5, 0.6) is 5.75 Å². The second-order valence-corrected chi connectivity index (χ2v) is 10.3. The Kier molecular flexibility index (Phi) is 8.79. The van der Waals surface area contributed by atoms with E-state index in [2.05, 4.69) is 28.1 Å². The van der Waals surface area contributed by atoms with Crippen LogP contribution in [-0.4, -0.2) is 34.5 Å². The molecule has 0 fully saturated rings. The minimum Gasteiger partial charge on any atom is -0.493 e. The number of carbonyl (C=O) groups excluding carboxylic acids is 2. The Morgan fingerprint density at radius 1 is 0.932 bits per heavy atom.